The molecular formula is C14H16ClFN2O2S. The highest BCUT2D eigenvalue weighted by Gasteiger charge is 2.29. The minimum atomic E-state index is -2.92. The number of hydrogen-bond donors (Lipinski definition) is 0. The Morgan fingerprint density at radius 2 is 2.24 bits per heavy atom. The first kappa shape index (κ1) is 14.8. The van der Waals surface area contributed by atoms with Crippen LogP contribution in [0.1, 0.15) is 12.2 Å². The van der Waals surface area contributed by atoms with Crippen LogP contribution in [0, 0.1) is 11.7 Å². The van der Waals surface area contributed by atoms with Gasteiger partial charge in [0.2, 0.25) is 0 Å². The van der Waals surface area contributed by atoms with E-state index in [-0.39, 0.29) is 23.2 Å². The van der Waals surface area contributed by atoms with Gasteiger partial charge in [0.25, 0.3) is 0 Å². The molecule has 1 fully saturated rings. The number of imidazole rings is 1. The Bertz CT molecular complexity index is 773. The molecular weight excluding hydrogens is 315 g/mol. The number of halogens is 2. The van der Waals surface area contributed by atoms with Crippen molar-refractivity contribution in [2.24, 2.45) is 5.92 Å². The molecule has 21 heavy (non-hydrogen) atoms. The van der Waals surface area contributed by atoms with Crippen LogP contribution in [-0.2, 0) is 22.8 Å². The van der Waals surface area contributed by atoms with Gasteiger partial charge >= 0.3 is 0 Å². The van der Waals surface area contributed by atoms with Gasteiger partial charge in [-0.1, -0.05) is 0 Å². The predicted molar refractivity (Wildman–Crippen MR) is 80.9 cm³/mol. The molecule has 1 unspecified atom stereocenters. The molecule has 7 heteroatoms. The maximum atomic E-state index is 13.5. The summed E-state index contributed by atoms with van der Waals surface area (Å²) in [5, 5.41) is 0. The number of aromatic nitrogens is 2. The van der Waals surface area contributed by atoms with E-state index in [4.69, 9.17) is 11.6 Å². The average Bonchev–Trinajstić information content (AvgIpc) is 2.92. The third-order valence-corrected chi connectivity index (χ3v) is 5.90. The number of rotatable bonds is 4. The van der Waals surface area contributed by atoms with Gasteiger partial charge in [-0.05, 0) is 30.5 Å². The quantitative estimate of drug-likeness (QED) is 0.809. The summed E-state index contributed by atoms with van der Waals surface area (Å²) in [6, 6.07) is 4.47. The van der Waals surface area contributed by atoms with Crippen molar-refractivity contribution in [3.63, 3.8) is 0 Å². The second-order valence-corrected chi connectivity index (χ2v) is 8.09. The van der Waals surface area contributed by atoms with Gasteiger partial charge in [0.1, 0.15) is 11.6 Å². The minimum Gasteiger partial charge on any atom is -0.328 e. The standard InChI is InChI=1S/C14H16ClFN2O2S/c15-5-3-14-17-12-2-1-11(16)7-13(12)18(14)8-10-4-6-21(19,20)9-10/h1-2,7,10H,3-6,8-9H2. The Morgan fingerprint density at radius 1 is 1.43 bits per heavy atom. The molecule has 0 amide bonds. The molecule has 1 aliphatic heterocycles. The summed E-state index contributed by atoms with van der Waals surface area (Å²) in [5.74, 6) is 1.39. The third kappa shape index (κ3) is 3.06. The maximum absolute atomic E-state index is 13.5. The molecule has 1 aliphatic rings. The van der Waals surface area contributed by atoms with Crippen LogP contribution in [0.2, 0.25) is 0 Å². The third-order valence-electron chi connectivity index (χ3n) is 3.87. The van der Waals surface area contributed by atoms with Gasteiger partial charge in [-0.2, -0.15) is 0 Å². The molecule has 114 valence electrons. The lowest BCUT2D eigenvalue weighted by Gasteiger charge is -2.13. The molecule has 2 heterocycles. The molecule has 1 aromatic heterocycles. The average molecular weight is 331 g/mol. The van der Waals surface area contributed by atoms with Gasteiger partial charge in [-0.15, -0.1) is 11.6 Å². The summed E-state index contributed by atoms with van der Waals surface area (Å²) in [7, 11) is -2.92. The zero-order valence-electron chi connectivity index (χ0n) is 11.4. The first-order valence-electron chi connectivity index (χ1n) is 6.89. The summed E-state index contributed by atoms with van der Waals surface area (Å²) in [6.45, 7) is 0.547. The van der Waals surface area contributed by atoms with Crippen molar-refractivity contribution in [2.75, 3.05) is 17.4 Å². The van der Waals surface area contributed by atoms with Crippen LogP contribution in [0.25, 0.3) is 11.0 Å². The van der Waals surface area contributed by atoms with Crippen LogP contribution in [0.5, 0.6) is 0 Å². The first-order valence-corrected chi connectivity index (χ1v) is 9.25. The monoisotopic (exact) mass is 330 g/mol. The summed E-state index contributed by atoms with van der Waals surface area (Å²) in [4.78, 5) is 4.48. The zero-order chi connectivity index (χ0) is 15.0. The fraction of sp³-hybridized carbons (Fsp3) is 0.500. The molecule has 4 nitrogen and oxygen atoms in total. The van der Waals surface area contributed by atoms with E-state index in [1.165, 1.54) is 12.1 Å². The van der Waals surface area contributed by atoms with Crippen LogP contribution in [0.3, 0.4) is 0 Å². The lowest BCUT2D eigenvalue weighted by atomic mass is 10.1. The highest BCUT2D eigenvalue weighted by Crippen LogP contribution is 2.25. The van der Waals surface area contributed by atoms with Gasteiger partial charge in [-0.25, -0.2) is 17.8 Å². The number of nitrogens with zero attached hydrogens (tertiary/aromatic N) is 2. The van der Waals surface area contributed by atoms with Crippen LogP contribution in [-0.4, -0.2) is 35.4 Å². The van der Waals surface area contributed by atoms with Gasteiger partial charge in [0.05, 0.1) is 22.5 Å². The van der Waals surface area contributed by atoms with Crippen molar-refractivity contribution in [1.29, 1.82) is 0 Å². The smallest absolute Gasteiger partial charge is 0.150 e. The van der Waals surface area contributed by atoms with Crippen LogP contribution in [0.4, 0.5) is 4.39 Å². The van der Waals surface area contributed by atoms with E-state index < -0.39 is 9.84 Å². The molecule has 3 rings (SSSR count). The van der Waals surface area contributed by atoms with Crippen molar-refractivity contribution >= 4 is 32.5 Å². The molecule has 0 N–H and O–H groups in total. The molecule has 1 saturated heterocycles. The molecule has 1 atom stereocenters. The molecule has 0 saturated carbocycles. The van der Waals surface area contributed by atoms with E-state index in [2.05, 4.69) is 4.98 Å². The largest absolute Gasteiger partial charge is 0.328 e. The van der Waals surface area contributed by atoms with E-state index in [0.717, 1.165) is 11.3 Å². The van der Waals surface area contributed by atoms with Crippen molar-refractivity contribution in [3.8, 4) is 0 Å². The fourth-order valence-corrected chi connectivity index (χ4v) is 4.92. The lowest BCUT2D eigenvalue weighted by molar-refractivity contribution is 0.487. The van der Waals surface area contributed by atoms with Crippen molar-refractivity contribution in [3.05, 3.63) is 29.8 Å². The number of fused-ring (bicyclic) bond motifs is 1. The number of alkyl halides is 1. The molecule has 0 bridgehead atoms. The Hall–Kier alpha value is -1.14. The van der Waals surface area contributed by atoms with Crippen LogP contribution < -0.4 is 0 Å². The summed E-state index contributed by atoms with van der Waals surface area (Å²) >= 11 is 5.81. The Kier molecular flexibility index (Phi) is 3.92. The summed E-state index contributed by atoms with van der Waals surface area (Å²) in [6.07, 6.45) is 1.23. The first-order chi connectivity index (χ1) is 9.98. The normalized spacial score (nSPS) is 21.1. The van der Waals surface area contributed by atoms with E-state index >= 15 is 0 Å². The molecule has 0 aliphatic carbocycles. The zero-order valence-corrected chi connectivity index (χ0v) is 13.0. The van der Waals surface area contributed by atoms with Crippen LogP contribution >= 0.6 is 11.6 Å². The molecule has 2 aromatic rings. The topological polar surface area (TPSA) is 52.0 Å². The van der Waals surface area contributed by atoms with Gasteiger partial charge in [-0.3, -0.25) is 0 Å². The second-order valence-electron chi connectivity index (χ2n) is 5.48. The van der Waals surface area contributed by atoms with E-state index in [0.29, 0.717) is 30.8 Å². The van der Waals surface area contributed by atoms with E-state index in [1.807, 2.05) is 4.57 Å². The SMILES string of the molecule is O=S1(=O)CCC(Cn2c(CCCl)nc3ccc(F)cc32)C1. The fourth-order valence-electron chi connectivity index (χ4n) is 2.90. The Morgan fingerprint density at radius 3 is 2.90 bits per heavy atom. The number of sulfone groups is 1. The molecule has 0 spiro atoms. The Labute approximate surface area is 127 Å². The van der Waals surface area contributed by atoms with Gasteiger partial charge in [0.15, 0.2) is 9.84 Å². The molecule has 0 radical (unpaired) electrons. The second kappa shape index (κ2) is 5.57. The minimum absolute atomic E-state index is 0.0599. The van der Waals surface area contributed by atoms with Gasteiger partial charge in [0, 0.05) is 18.8 Å². The van der Waals surface area contributed by atoms with E-state index in [1.54, 1.807) is 6.07 Å². The van der Waals surface area contributed by atoms with Crippen molar-refractivity contribution in [2.45, 2.75) is 19.4 Å². The number of benzene rings is 1. The number of aryl methyl sites for hydroxylation is 1. The summed E-state index contributed by atoms with van der Waals surface area (Å²) < 4.78 is 38.6. The highest BCUT2D eigenvalue weighted by atomic mass is 35.5. The maximum Gasteiger partial charge on any atom is 0.150 e. The van der Waals surface area contributed by atoms with E-state index in [9.17, 15) is 12.8 Å². The number of hydrogen-bond acceptors (Lipinski definition) is 3. The van der Waals surface area contributed by atoms with Crippen molar-refractivity contribution in [1.82, 2.24) is 9.55 Å². The van der Waals surface area contributed by atoms with Gasteiger partial charge < -0.3 is 4.57 Å². The van der Waals surface area contributed by atoms with Crippen molar-refractivity contribution < 1.29 is 12.8 Å². The lowest BCUT2D eigenvalue weighted by Crippen LogP contribution is -2.15. The summed E-state index contributed by atoms with van der Waals surface area (Å²) in [5.41, 5.74) is 1.43. The molecule has 1 aromatic carbocycles. The predicted octanol–water partition coefficient (Wildman–Crippen LogP) is 2.39. The highest BCUT2D eigenvalue weighted by molar-refractivity contribution is 7.91. The Balaban J connectivity index is 1.98. The van der Waals surface area contributed by atoms with Crippen LogP contribution in [0.15, 0.2) is 18.2 Å².